The highest BCUT2D eigenvalue weighted by Crippen LogP contribution is 2.43. The summed E-state index contributed by atoms with van der Waals surface area (Å²) in [5.41, 5.74) is 10.5. The van der Waals surface area contributed by atoms with E-state index >= 15 is 0 Å². The van der Waals surface area contributed by atoms with E-state index in [-0.39, 0.29) is 0 Å². The fourth-order valence-corrected chi connectivity index (χ4v) is 6.63. The molecule has 186 valence electrons. The van der Waals surface area contributed by atoms with Gasteiger partial charge in [0.15, 0.2) is 0 Å². The van der Waals surface area contributed by atoms with Crippen LogP contribution in [0.3, 0.4) is 0 Å². The minimum absolute atomic E-state index is 0.949. The van der Waals surface area contributed by atoms with Crippen molar-refractivity contribution < 1.29 is 4.42 Å². The van der Waals surface area contributed by atoms with Gasteiger partial charge >= 0.3 is 0 Å². The first-order chi connectivity index (χ1) is 19.2. The Balaban J connectivity index is 1.45. The summed E-state index contributed by atoms with van der Waals surface area (Å²) < 4.78 is 9.85. The Morgan fingerprint density at radius 1 is 0.641 bits per heavy atom. The van der Waals surface area contributed by atoms with Crippen LogP contribution in [0, 0.1) is 0 Å². The molecule has 0 aliphatic heterocycles. The van der Waals surface area contributed by atoms with Crippen LogP contribution < -0.4 is 0 Å². The van der Waals surface area contributed by atoms with Gasteiger partial charge in [-0.3, -0.25) is 0 Å². The summed E-state index contributed by atoms with van der Waals surface area (Å²) in [6.45, 7) is 0. The van der Waals surface area contributed by atoms with E-state index in [1.54, 1.807) is 0 Å². The summed E-state index contributed by atoms with van der Waals surface area (Å²) in [5.74, 6) is 1.09. The molecule has 1 aliphatic rings. The van der Waals surface area contributed by atoms with Gasteiger partial charge in [0.05, 0.1) is 11.0 Å². The van der Waals surface area contributed by atoms with Gasteiger partial charge in [0.2, 0.25) is 0 Å². The van der Waals surface area contributed by atoms with Gasteiger partial charge in [-0.05, 0) is 83.3 Å². The monoisotopic (exact) mass is 565 g/mol. The number of halogens is 1. The zero-order chi connectivity index (χ0) is 25.9. The number of aromatic nitrogens is 1. The first-order valence-electron chi connectivity index (χ1n) is 13.4. The zero-order valence-corrected chi connectivity index (χ0v) is 22.8. The van der Waals surface area contributed by atoms with Crippen molar-refractivity contribution in [2.75, 3.05) is 0 Å². The van der Waals surface area contributed by atoms with Gasteiger partial charge in [-0.2, -0.15) is 0 Å². The van der Waals surface area contributed by atoms with Crippen LogP contribution in [0.4, 0.5) is 0 Å². The lowest BCUT2D eigenvalue weighted by atomic mass is 9.96. The van der Waals surface area contributed by atoms with Crippen LogP contribution >= 0.6 is 15.9 Å². The maximum Gasteiger partial charge on any atom is 0.135 e. The summed E-state index contributed by atoms with van der Waals surface area (Å²) in [5, 5.41) is 3.71. The van der Waals surface area contributed by atoms with Crippen LogP contribution in [0.25, 0.3) is 66.8 Å². The number of fused-ring (bicyclic) bond motifs is 7. The van der Waals surface area contributed by atoms with Crippen molar-refractivity contribution in [3.8, 4) is 27.9 Å². The molecule has 0 radical (unpaired) electrons. The van der Waals surface area contributed by atoms with Crippen molar-refractivity contribution in [2.45, 2.75) is 12.8 Å². The molecule has 7 aromatic rings. The quantitative estimate of drug-likeness (QED) is 0.208. The smallest absolute Gasteiger partial charge is 0.135 e. The van der Waals surface area contributed by atoms with Crippen LogP contribution in [0.2, 0.25) is 0 Å². The molecular formula is C36H24BrNO. The largest absolute Gasteiger partial charge is 0.460 e. The third kappa shape index (κ3) is 3.61. The molecule has 0 saturated carbocycles. The van der Waals surface area contributed by atoms with Crippen molar-refractivity contribution in [1.29, 1.82) is 0 Å². The first kappa shape index (κ1) is 22.6. The molecule has 0 fully saturated rings. The molecule has 0 unspecified atom stereocenters. The number of benzene rings is 5. The van der Waals surface area contributed by atoms with Crippen LogP contribution in [-0.4, -0.2) is 4.57 Å². The van der Waals surface area contributed by atoms with Crippen molar-refractivity contribution in [3.05, 3.63) is 131 Å². The molecule has 2 heterocycles. The predicted molar refractivity (Wildman–Crippen MR) is 166 cm³/mol. The molecule has 0 saturated heterocycles. The SMILES string of the molecule is Brc1cc(-c2ccccc2)cc(-c2ccc3c(c2)c2c4c5c(oc4ccc2n3-c2ccccc2)CCC=C5)c1. The number of furan rings is 1. The molecule has 8 rings (SSSR count). The summed E-state index contributed by atoms with van der Waals surface area (Å²) in [7, 11) is 0. The molecule has 0 amide bonds. The van der Waals surface area contributed by atoms with Gasteiger partial charge in [-0.25, -0.2) is 0 Å². The normalized spacial score (nSPS) is 12.9. The van der Waals surface area contributed by atoms with E-state index in [0.29, 0.717) is 0 Å². The third-order valence-electron chi connectivity index (χ3n) is 7.87. The summed E-state index contributed by atoms with van der Waals surface area (Å²) in [6, 6.07) is 39.1. The molecule has 1 aliphatic carbocycles. The van der Waals surface area contributed by atoms with Gasteiger partial charge in [0, 0.05) is 38.3 Å². The lowest BCUT2D eigenvalue weighted by Gasteiger charge is -2.10. The number of allylic oxidation sites excluding steroid dienone is 1. The summed E-state index contributed by atoms with van der Waals surface area (Å²) >= 11 is 3.78. The Morgan fingerprint density at radius 2 is 1.38 bits per heavy atom. The maximum absolute atomic E-state index is 6.39. The second-order valence-electron chi connectivity index (χ2n) is 10.2. The Bertz CT molecular complexity index is 2060. The van der Waals surface area contributed by atoms with Crippen LogP contribution in [0.5, 0.6) is 0 Å². The fraction of sp³-hybridized carbons (Fsp3) is 0.0556. The van der Waals surface area contributed by atoms with Gasteiger partial charge in [-0.1, -0.05) is 82.7 Å². The minimum Gasteiger partial charge on any atom is -0.460 e. The average molecular weight is 566 g/mol. The van der Waals surface area contributed by atoms with Gasteiger partial charge in [0.25, 0.3) is 0 Å². The Kier molecular flexibility index (Phi) is 5.14. The number of rotatable bonds is 3. The highest BCUT2D eigenvalue weighted by molar-refractivity contribution is 9.10. The zero-order valence-electron chi connectivity index (χ0n) is 21.2. The number of nitrogens with zero attached hydrogens (tertiary/aromatic N) is 1. The van der Waals surface area contributed by atoms with E-state index in [2.05, 4.69) is 142 Å². The van der Waals surface area contributed by atoms with E-state index in [4.69, 9.17) is 4.42 Å². The molecule has 2 aromatic heterocycles. The number of para-hydroxylation sites is 1. The Labute approximate surface area is 234 Å². The molecule has 5 aromatic carbocycles. The maximum atomic E-state index is 6.39. The average Bonchev–Trinajstić information content (AvgIpc) is 3.53. The number of aryl methyl sites for hydroxylation is 1. The molecular weight excluding hydrogens is 542 g/mol. The number of hydrogen-bond donors (Lipinski definition) is 0. The van der Waals surface area contributed by atoms with E-state index < -0.39 is 0 Å². The Morgan fingerprint density at radius 3 is 2.21 bits per heavy atom. The standard InChI is InChI=1S/C36H24BrNO/c37-27-20-25(23-9-3-1-4-10-23)19-26(21-27)24-15-16-31-30(22-24)35-32(38(31)28-11-5-2-6-12-28)17-18-34-36(35)29-13-7-8-14-33(29)39-34/h1-7,9-13,15-22H,8,14H2. The molecule has 0 N–H and O–H groups in total. The van der Waals surface area contributed by atoms with Gasteiger partial charge in [-0.15, -0.1) is 0 Å². The lowest BCUT2D eigenvalue weighted by Crippen LogP contribution is -1.93. The molecule has 39 heavy (non-hydrogen) atoms. The highest BCUT2D eigenvalue weighted by Gasteiger charge is 2.22. The molecule has 3 heteroatoms. The van der Waals surface area contributed by atoms with Crippen LogP contribution in [0.15, 0.2) is 124 Å². The molecule has 2 nitrogen and oxygen atoms in total. The highest BCUT2D eigenvalue weighted by atomic mass is 79.9. The minimum atomic E-state index is 0.949. The summed E-state index contributed by atoms with van der Waals surface area (Å²) in [6.07, 6.45) is 6.49. The predicted octanol–water partition coefficient (Wildman–Crippen LogP) is 10.6. The van der Waals surface area contributed by atoms with Gasteiger partial charge < -0.3 is 8.98 Å². The van der Waals surface area contributed by atoms with Crippen LogP contribution in [0.1, 0.15) is 17.7 Å². The molecule has 0 spiro atoms. The summed E-state index contributed by atoms with van der Waals surface area (Å²) in [4.78, 5) is 0. The van der Waals surface area contributed by atoms with E-state index in [9.17, 15) is 0 Å². The number of hydrogen-bond acceptors (Lipinski definition) is 1. The van der Waals surface area contributed by atoms with E-state index in [0.717, 1.165) is 34.3 Å². The Hall–Kier alpha value is -4.34. The second-order valence-corrected chi connectivity index (χ2v) is 11.1. The van der Waals surface area contributed by atoms with Crippen molar-refractivity contribution >= 4 is 54.8 Å². The van der Waals surface area contributed by atoms with E-state index in [1.807, 2.05) is 0 Å². The van der Waals surface area contributed by atoms with Crippen molar-refractivity contribution in [1.82, 2.24) is 4.57 Å². The molecule has 0 bridgehead atoms. The third-order valence-corrected chi connectivity index (χ3v) is 8.33. The van der Waals surface area contributed by atoms with Gasteiger partial charge in [0.1, 0.15) is 11.3 Å². The van der Waals surface area contributed by atoms with Crippen molar-refractivity contribution in [2.24, 2.45) is 0 Å². The van der Waals surface area contributed by atoms with E-state index in [1.165, 1.54) is 55.0 Å². The fourth-order valence-electron chi connectivity index (χ4n) is 6.14. The molecule has 0 atom stereocenters. The van der Waals surface area contributed by atoms with Crippen molar-refractivity contribution in [3.63, 3.8) is 0 Å². The topological polar surface area (TPSA) is 18.1 Å². The van der Waals surface area contributed by atoms with Crippen LogP contribution in [-0.2, 0) is 6.42 Å². The first-order valence-corrected chi connectivity index (χ1v) is 14.1. The lowest BCUT2D eigenvalue weighted by molar-refractivity contribution is 0.546. The second kappa shape index (κ2) is 8.86.